The van der Waals surface area contributed by atoms with Gasteiger partial charge in [-0.1, -0.05) is 429 Å². The van der Waals surface area contributed by atoms with Crippen LogP contribution in [0.3, 0.4) is 0 Å². The van der Waals surface area contributed by atoms with Gasteiger partial charge in [-0.05, 0) is 93.3 Å². The number of aliphatic hydroxyl groups is 6. The summed E-state index contributed by atoms with van der Waals surface area (Å²) in [6, 6.07) is 91.0. The quantitative estimate of drug-likeness (QED) is 0.00776. The second-order valence-electron chi connectivity index (χ2n) is 39.2. The third-order valence-electron chi connectivity index (χ3n) is 25.4. The van der Waals surface area contributed by atoms with Crippen LogP contribution in [0.5, 0.6) is 0 Å². The van der Waals surface area contributed by atoms with Crippen LogP contribution in [0.1, 0.15) is 168 Å². The van der Waals surface area contributed by atoms with Crippen molar-refractivity contribution in [1.29, 1.82) is 0 Å². The van der Waals surface area contributed by atoms with Crippen molar-refractivity contribution < 1.29 is 87.0 Å². The van der Waals surface area contributed by atoms with Gasteiger partial charge in [-0.2, -0.15) is 13.5 Å². The van der Waals surface area contributed by atoms with Gasteiger partial charge in [0.1, 0.15) is 35.1 Å². The number of aliphatic hydroxyl groups excluding tert-OH is 6. The van der Waals surface area contributed by atoms with Crippen LogP contribution < -0.4 is 0 Å². The molecule has 4 aliphatic rings. The monoisotopic (exact) mass is 2030 g/mol. The number of cyclic esters (lactones) is 3. The summed E-state index contributed by atoms with van der Waals surface area (Å²) >= 11 is 17.5. The van der Waals surface area contributed by atoms with Gasteiger partial charge < -0.3 is 72.6 Å². The number of ether oxygens (including phenoxy) is 7. The molecular formula is C109H154Al2Cl2O18S3Si2. The molecule has 4 heterocycles. The van der Waals surface area contributed by atoms with Crippen molar-refractivity contribution in [1.82, 2.24) is 0 Å². The molecule has 0 aliphatic carbocycles. The summed E-state index contributed by atoms with van der Waals surface area (Å²) in [4.78, 5) is 34.8. The lowest BCUT2D eigenvalue weighted by Crippen LogP contribution is -2.49. The molecule has 4 fully saturated rings. The first kappa shape index (κ1) is 122. The summed E-state index contributed by atoms with van der Waals surface area (Å²) in [7, 11) is -4.23. The Morgan fingerprint density at radius 2 is 0.581 bits per heavy atom. The molecule has 0 saturated carbocycles. The minimum atomic E-state index is -2.14. The molecule has 4 aliphatic heterocycles. The fourth-order valence-corrected chi connectivity index (χ4v) is 22.2. The summed E-state index contributed by atoms with van der Waals surface area (Å²) in [6.45, 7) is 44.7. The Balaban J connectivity index is 0.000000363. The zero-order valence-electron chi connectivity index (χ0n) is 82.7. The number of alkyl halides is 2. The number of rotatable bonds is 31. The summed E-state index contributed by atoms with van der Waals surface area (Å²) in [5, 5.41) is 63.0. The molecule has 9 aromatic rings. The molecule has 0 radical (unpaired) electrons. The minimum Gasteiger partial charge on any atom is -0.457 e. The molecule has 6 N–H and O–H groups in total. The van der Waals surface area contributed by atoms with E-state index in [4.69, 9.17) is 75.8 Å². The predicted octanol–water partition coefficient (Wildman–Crippen LogP) is 21.3. The zero-order chi connectivity index (χ0) is 99.2. The van der Waals surface area contributed by atoms with Crippen LogP contribution in [0.15, 0.2) is 273 Å². The highest BCUT2D eigenvalue weighted by atomic mass is 35.5. The Hall–Kier alpha value is -6.22. The maximum Gasteiger partial charge on any atom is 0.338 e. The minimum absolute atomic E-state index is 0. The first-order valence-corrected chi connectivity index (χ1v) is 59.1. The van der Waals surface area contributed by atoms with E-state index in [0.29, 0.717) is 30.4 Å². The van der Waals surface area contributed by atoms with Gasteiger partial charge >= 0.3 is 17.9 Å². The van der Waals surface area contributed by atoms with Gasteiger partial charge in [0.05, 0.1) is 49.9 Å². The van der Waals surface area contributed by atoms with Crippen molar-refractivity contribution in [3.05, 3.63) is 323 Å². The molecule has 744 valence electrons. The largest absolute Gasteiger partial charge is 0.457 e. The molecular weight excluding hydrogens is 1870 g/mol. The Morgan fingerprint density at radius 3 is 0.787 bits per heavy atom. The van der Waals surface area contributed by atoms with Crippen LogP contribution in [-0.2, 0) is 95.6 Å². The highest BCUT2D eigenvalue weighted by Crippen LogP contribution is 2.48. The highest BCUT2D eigenvalue weighted by Gasteiger charge is 2.53. The van der Waals surface area contributed by atoms with Gasteiger partial charge in [0.2, 0.25) is 30.4 Å². The van der Waals surface area contributed by atoms with Crippen molar-refractivity contribution >= 4 is 124 Å². The molecule has 18 nitrogen and oxygen atoms in total. The second kappa shape index (κ2) is 59.6. The normalized spacial score (nSPS) is 20.8. The van der Waals surface area contributed by atoms with Crippen molar-refractivity contribution in [2.75, 3.05) is 31.8 Å². The molecule has 0 aromatic heterocycles. The Bertz CT molecular complexity index is 4460. The van der Waals surface area contributed by atoms with Gasteiger partial charge in [-0.15, -0.1) is 23.2 Å². The lowest BCUT2D eigenvalue weighted by atomic mass is 9.80. The van der Waals surface area contributed by atoms with Crippen LogP contribution in [0.25, 0.3) is 0 Å². The van der Waals surface area contributed by atoms with E-state index < -0.39 is 101 Å². The Labute approximate surface area is 854 Å². The third kappa shape index (κ3) is 34.6. The molecule has 0 amide bonds. The summed E-state index contributed by atoms with van der Waals surface area (Å²) in [5.41, 5.74) is 6.16. The summed E-state index contributed by atoms with van der Waals surface area (Å²) < 4.78 is 55.4. The Morgan fingerprint density at radius 1 is 0.368 bits per heavy atom. The van der Waals surface area contributed by atoms with Crippen molar-refractivity contribution in [2.24, 2.45) is 35.5 Å². The highest BCUT2D eigenvalue weighted by molar-refractivity contribution is 8.07. The number of halogens is 2. The molecule has 4 saturated heterocycles. The maximum absolute atomic E-state index is 12.7. The average molecular weight is 2030 g/mol. The molecule has 0 bridgehead atoms. The standard InChI is InChI=1S/C31H40O4Si.C31H38O4Si.C24H22O5.C5H8O5.4C4H9.CH2Cl2.CH4.2Al.S2.H2S.2H/c2*1-23-28(35-36(5,6)30(2,3)4)27(34-29(23)32)22-33-31(24-16-10-7-11-17-24,25-18-12-8-13-19-25)26-20-14-9-15-21-26;25-21-20(29-23(27)22(21)26)16-28-24(17-10-4-1-5-11-17,18-12-6-2-7-13-18)19-14-8-3-9-15-19;6-1-2-3(7)4(8)5(9)10-2;4*1-4(2)3;2-1-3;;;;1-2;;;/h7-21,23,27-29,32H,22H2,1-6H3;7-21,23,27-28H,22H2,1-6H3;1-15,20-22,25-26H,16H2;2-4,6-8H,1H2;4*4H,1H2,2-3H3;1H2;1H4;;;;1H2;;/t23-,27-,28+,29?;23-,27-,28+;20-,21-,22-;2-,3-,4-;;;;;;;;;;;;/m1111............/s1. The van der Waals surface area contributed by atoms with E-state index in [1.165, 1.54) is 21.1 Å². The molecule has 9 aromatic carbocycles. The summed E-state index contributed by atoms with van der Waals surface area (Å²) in [6.07, 6.45) is -9.96. The van der Waals surface area contributed by atoms with E-state index >= 15 is 0 Å². The van der Waals surface area contributed by atoms with E-state index in [1.54, 1.807) is 0 Å². The van der Waals surface area contributed by atoms with Gasteiger partial charge in [-0.25, -0.2) is 9.59 Å². The van der Waals surface area contributed by atoms with Crippen LogP contribution in [0.4, 0.5) is 0 Å². The lowest BCUT2D eigenvalue weighted by Gasteiger charge is -2.41. The maximum atomic E-state index is 12.7. The first-order chi connectivity index (χ1) is 63.6. The number of esters is 3. The fourth-order valence-electron chi connectivity index (χ4n) is 15.7. The van der Waals surface area contributed by atoms with Gasteiger partial charge in [-0.3, -0.25) is 4.79 Å². The fraction of sp³-hybridized carbons (Fsp3) is 0.477. The van der Waals surface area contributed by atoms with Crippen LogP contribution >= 0.6 is 36.7 Å². The van der Waals surface area contributed by atoms with E-state index in [1.807, 2.05) is 214 Å². The predicted molar refractivity (Wildman–Crippen MR) is 571 cm³/mol. The lowest BCUT2D eigenvalue weighted by molar-refractivity contribution is -0.150. The van der Waals surface area contributed by atoms with Crippen molar-refractivity contribution in [3.63, 3.8) is 0 Å². The Kier molecular flexibility index (Phi) is 53.5. The molecule has 13 atom stereocenters. The molecule has 1 unspecified atom stereocenters. The van der Waals surface area contributed by atoms with Crippen molar-refractivity contribution in [3.8, 4) is 0 Å². The topological polar surface area (TPSA) is 256 Å². The number of carbonyl (C=O) groups excluding carboxylic acids is 3. The van der Waals surface area contributed by atoms with E-state index in [2.05, 4.69) is 223 Å². The van der Waals surface area contributed by atoms with Crippen molar-refractivity contribution in [2.45, 2.75) is 260 Å². The first-order valence-electron chi connectivity index (χ1n) is 46.9. The average Bonchev–Trinajstić information content (AvgIpc) is 0.976. The SMILES string of the molecule is C.CC(C)[CH2][AlH][CH2]C(C)C.CC(C)[CH2][AlH][CH2]C(C)C.C[C@H]1C(=O)O[C@H](COC(c2ccccc2)(c2ccccc2)c2ccccc2)[C@H]1O[Si](C)(C)C(C)(C)C.C[C@H]1C(O)O[C@H](COC(c2ccccc2)(c2ccccc2)c2ccccc2)[C@H]1O[Si](C)(C)C(C)(C)C.ClCCl.O=C1O[C@H](CO)[C@@H](O)[C@H]1O.O=C1O[C@H](COC(c2ccccc2)(c2ccccc2)c2ccccc2)[C@@H](O)[C@H]1O.S.S=S. The van der Waals surface area contributed by atoms with E-state index in [0.717, 1.165) is 73.7 Å². The third-order valence-corrected chi connectivity index (χ3v) is 40.6. The van der Waals surface area contributed by atoms with Crippen LogP contribution in [-0.4, -0.2) is 195 Å². The second-order valence-corrected chi connectivity index (χ2v) is 53.2. The van der Waals surface area contributed by atoms with E-state index in [-0.39, 0.29) is 92.3 Å². The number of hydrogen-bond acceptors (Lipinski definition) is 20. The van der Waals surface area contributed by atoms with Gasteiger partial charge in [0, 0.05) is 28.3 Å². The van der Waals surface area contributed by atoms with Crippen LogP contribution in [0.2, 0.25) is 57.4 Å². The van der Waals surface area contributed by atoms with Gasteiger partial charge in [0.15, 0.2) is 53.4 Å². The molecule has 136 heavy (non-hydrogen) atoms. The molecule has 27 heteroatoms. The van der Waals surface area contributed by atoms with Crippen LogP contribution in [0, 0.1) is 35.5 Å². The molecule has 13 rings (SSSR count). The number of hydrogen-bond donors (Lipinski definition) is 6. The number of carbonyl (C=O) groups is 3. The molecule has 0 spiro atoms. The smallest absolute Gasteiger partial charge is 0.338 e. The zero-order valence-corrected chi connectivity index (χ0v) is 91.7. The van der Waals surface area contributed by atoms with Gasteiger partial charge in [0.25, 0.3) is 0 Å². The number of benzene rings is 9. The summed E-state index contributed by atoms with van der Waals surface area (Å²) in [5.74, 6) is 1.38. The van der Waals surface area contributed by atoms with E-state index in [9.17, 15) is 29.7 Å².